The van der Waals surface area contributed by atoms with Gasteiger partial charge in [-0.2, -0.15) is 0 Å². The molecule has 25 heavy (non-hydrogen) atoms. The zero-order valence-corrected chi connectivity index (χ0v) is 14.6. The number of rotatable bonds is 9. The summed E-state index contributed by atoms with van der Waals surface area (Å²) in [4.78, 5) is 22.3. The maximum Gasteiger partial charge on any atom is 0.303 e. The second-order valence-corrected chi connectivity index (χ2v) is 7.83. The number of nitrogens with zero attached hydrogens (tertiary/aromatic N) is 1. The molecule has 8 nitrogen and oxygen atoms in total. The number of amides is 1. The third-order valence-corrected chi connectivity index (χ3v) is 5.69. The molecule has 9 heteroatoms. The van der Waals surface area contributed by atoms with E-state index in [1.807, 2.05) is 0 Å². The van der Waals surface area contributed by atoms with Crippen molar-refractivity contribution in [2.45, 2.75) is 25.7 Å². The van der Waals surface area contributed by atoms with Gasteiger partial charge in [0.25, 0.3) is 0 Å². The molecule has 1 aliphatic heterocycles. The minimum absolute atomic E-state index is 0.0564. The maximum atomic E-state index is 11.9. The van der Waals surface area contributed by atoms with E-state index in [2.05, 4.69) is 5.32 Å². The number of hydrogen-bond acceptors (Lipinski definition) is 5. The van der Waals surface area contributed by atoms with Gasteiger partial charge in [-0.1, -0.05) is 0 Å². The van der Waals surface area contributed by atoms with Crippen molar-refractivity contribution < 1.29 is 27.9 Å². The van der Waals surface area contributed by atoms with Crippen molar-refractivity contribution in [2.75, 3.05) is 30.8 Å². The average Bonchev–Trinajstić information content (AvgIpc) is 2.89. The molecule has 2 N–H and O–H groups in total. The highest BCUT2D eigenvalue weighted by Crippen LogP contribution is 2.17. The Morgan fingerprint density at radius 3 is 2.52 bits per heavy atom. The number of sulfonamides is 1. The topological polar surface area (TPSA) is 113 Å². The smallest absolute Gasteiger partial charge is 0.303 e. The van der Waals surface area contributed by atoms with Crippen molar-refractivity contribution in [3.63, 3.8) is 0 Å². The van der Waals surface area contributed by atoms with E-state index in [9.17, 15) is 18.0 Å². The van der Waals surface area contributed by atoms with E-state index in [1.165, 1.54) is 4.31 Å². The molecule has 0 radical (unpaired) electrons. The normalized spacial score (nSPS) is 16.5. The summed E-state index contributed by atoms with van der Waals surface area (Å²) in [5, 5.41) is 11.2. The van der Waals surface area contributed by atoms with Crippen LogP contribution in [0, 0.1) is 0 Å². The van der Waals surface area contributed by atoms with E-state index >= 15 is 0 Å². The average molecular weight is 370 g/mol. The van der Waals surface area contributed by atoms with E-state index in [0.29, 0.717) is 37.4 Å². The van der Waals surface area contributed by atoms with Crippen molar-refractivity contribution in [3.05, 3.63) is 24.3 Å². The fourth-order valence-corrected chi connectivity index (χ4v) is 3.97. The highest BCUT2D eigenvalue weighted by Gasteiger charge is 2.28. The first kappa shape index (κ1) is 19.2. The summed E-state index contributed by atoms with van der Waals surface area (Å²) in [5.41, 5.74) is 0.590. The van der Waals surface area contributed by atoms with Crippen LogP contribution >= 0.6 is 0 Å². The van der Waals surface area contributed by atoms with Gasteiger partial charge in [-0.05, 0) is 37.1 Å². The zero-order valence-electron chi connectivity index (χ0n) is 13.8. The number of carbonyl (C=O) groups is 2. The summed E-state index contributed by atoms with van der Waals surface area (Å²) in [5.74, 6) is -0.366. The Kier molecular flexibility index (Phi) is 6.77. The van der Waals surface area contributed by atoms with Crippen LogP contribution in [0.2, 0.25) is 0 Å². The van der Waals surface area contributed by atoms with Gasteiger partial charge < -0.3 is 15.2 Å². The third-order valence-electron chi connectivity index (χ3n) is 3.73. The van der Waals surface area contributed by atoms with Gasteiger partial charge in [-0.3, -0.25) is 9.59 Å². The first-order valence-electron chi connectivity index (χ1n) is 8.09. The lowest BCUT2D eigenvalue weighted by Crippen LogP contribution is -2.29. The first-order valence-corrected chi connectivity index (χ1v) is 9.70. The number of anilines is 1. The molecule has 0 saturated carbocycles. The Hall–Kier alpha value is -2.13. The number of carbonyl (C=O) groups excluding carboxylic acids is 1. The van der Waals surface area contributed by atoms with Gasteiger partial charge in [0.2, 0.25) is 15.9 Å². The fourth-order valence-electron chi connectivity index (χ4n) is 2.44. The lowest BCUT2D eigenvalue weighted by molar-refractivity contribution is -0.137. The summed E-state index contributed by atoms with van der Waals surface area (Å²) >= 11 is 0. The molecule has 1 heterocycles. The maximum absolute atomic E-state index is 11.9. The lowest BCUT2D eigenvalue weighted by atomic mass is 10.3. The molecule has 0 aromatic heterocycles. The zero-order chi connectivity index (χ0) is 18.3. The second kappa shape index (κ2) is 8.82. The van der Waals surface area contributed by atoms with E-state index < -0.39 is 16.0 Å². The molecule has 1 fully saturated rings. The molecule has 1 aromatic rings. The van der Waals surface area contributed by atoms with Gasteiger partial charge in [-0.15, -0.1) is 0 Å². The largest absolute Gasteiger partial charge is 0.494 e. The van der Waals surface area contributed by atoms with Crippen LogP contribution < -0.4 is 10.1 Å². The molecule has 1 aliphatic rings. The molecule has 1 aromatic carbocycles. The van der Waals surface area contributed by atoms with Gasteiger partial charge in [0, 0.05) is 31.6 Å². The molecule has 1 amide bonds. The summed E-state index contributed by atoms with van der Waals surface area (Å²) in [6.07, 6.45) is 1.19. The number of nitrogens with one attached hydrogen (secondary N) is 1. The first-order chi connectivity index (χ1) is 11.9. The van der Waals surface area contributed by atoms with E-state index in [0.717, 1.165) is 0 Å². The van der Waals surface area contributed by atoms with Gasteiger partial charge in [0.05, 0.1) is 12.4 Å². The summed E-state index contributed by atoms with van der Waals surface area (Å²) in [7, 11) is -3.18. The van der Waals surface area contributed by atoms with Crippen molar-refractivity contribution >= 4 is 27.6 Å². The van der Waals surface area contributed by atoms with Crippen molar-refractivity contribution in [1.82, 2.24) is 4.31 Å². The number of benzene rings is 1. The van der Waals surface area contributed by atoms with Crippen LogP contribution in [0.3, 0.4) is 0 Å². The number of carboxylic acid groups (broad SMARTS) is 1. The van der Waals surface area contributed by atoms with E-state index in [-0.39, 0.29) is 31.0 Å². The lowest BCUT2D eigenvalue weighted by Gasteiger charge is -2.14. The fraction of sp³-hybridized carbons (Fsp3) is 0.500. The Morgan fingerprint density at radius 2 is 1.92 bits per heavy atom. The van der Waals surface area contributed by atoms with E-state index in [4.69, 9.17) is 9.84 Å². The molecule has 138 valence electrons. The predicted molar refractivity (Wildman–Crippen MR) is 92.0 cm³/mol. The molecule has 0 unspecified atom stereocenters. The Balaban J connectivity index is 1.73. The van der Waals surface area contributed by atoms with Crippen LogP contribution in [0.5, 0.6) is 5.75 Å². The van der Waals surface area contributed by atoms with Gasteiger partial charge in [0.1, 0.15) is 5.75 Å². The summed E-state index contributed by atoms with van der Waals surface area (Å²) in [6.45, 7) is 0.977. The Bertz CT molecular complexity index is 702. The van der Waals surface area contributed by atoms with Gasteiger partial charge >= 0.3 is 5.97 Å². The number of aliphatic carboxylic acids is 1. The quantitative estimate of drug-likeness (QED) is 0.634. The van der Waals surface area contributed by atoms with Crippen LogP contribution in [-0.2, 0) is 19.6 Å². The van der Waals surface area contributed by atoms with Crippen LogP contribution in [0.4, 0.5) is 5.69 Å². The van der Waals surface area contributed by atoms with Crippen LogP contribution in [0.25, 0.3) is 0 Å². The van der Waals surface area contributed by atoms with Crippen molar-refractivity contribution in [2.24, 2.45) is 0 Å². The SMILES string of the molecule is O=C(O)CCCOc1ccc(NC(=O)CCN2CCCS2(=O)=O)cc1. The van der Waals surface area contributed by atoms with Gasteiger partial charge in [0.15, 0.2) is 0 Å². The monoisotopic (exact) mass is 370 g/mol. The minimum atomic E-state index is -3.18. The molecule has 1 saturated heterocycles. The van der Waals surface area contributed by atoms with Crippen LogP contribution in [-0.4, -0.2) is 55.2 Å². The molecule has 2 rings (SSSR count). The molecular formula is C16H22N2O6S. The van der Waals surface area contributed by atoms with Crippen molar-refractivity contribution in [3.8, 4) is 5.75 Å². The molecule has 0 spiro atoms. The summed E-state index contributed by atoms with van der Waals surface area (Å²) in [6, 6.07) is 6.72. The standard InChI is InChI=1S/C16H22N2O6S/c19-15(8-10-18-9-2-12-25(18,22)23)17-13-4-6-14(7-5-13)24-11-1-3-16(20)21/h4-7H,1-3,8-12H2,(H,17,19)(H,20,21). The number of carboxylic acids is 1. The molecule has 0 bridgehead atoms. The Morgan fingerprint density at radius 1 is 1.20 bits per heavy atom. The van der Waals surface area contributed by atoms with Gasteiger partial charge in [-0.25, -0.2) is 12.7 Å². The number of ether oxygens (including phenoxy) is 1. The molecular weight excluding hydrogens is 348 g/mol. The highest BCUT2D eigenvalue weighted by molar-refractivity contribution is 7.89. The molecule has 0 atom stereocenters. The summed E-state index contributed by atoms with van der Waals surface area (Å²) < 4.78 is 30.1. The van der Waals surface area contributed by atoms with Crippen LogP contribution in [0.1, 0.15) is 25.7 Å². The second-order valence-electron chi connectivity index (χ2n) is 5.74. The number of hydrogen-bond donors (Lipinski definition) is 2. The Labute approximate surface area is 146 Å². The molecule has 0 aliphatic carbocycles. The highest BCUT2D eigenvalue weighted by atomic mass is 32.2. The van der Waals surface area contributed by atoms with Crippen molar-refractivity contribution in [1.29, 1.82) is 0 Å². The minimum Gasteiger partial charge on any atom is -0.494 e. The third kappa shape index (κ3) is 6.35. The predicted octanol–water partition coefficient (Wildman–Crippen LogP) is 1.29. The van der Waals surface area contributed by atoms with Crippen LogP contribution in [0.15, 0.2) is 24.3 Å². The van der Waals surface area contributed by atoms with E-state index in [1.54, 1.807) is 24.3 Å².